The molecular formula is C14H13IN2O3. The molecule has 0 aliphatic rings. The fraction of sp³-hybridized carbons (Fsp3) is 0.214. The molecule has 0 bridgehead atoms. The van der Waals surface area contributed by atoms with Crippen LogP contribution < -0.4 is 10.3 Å². The first-order valence-electron chi connectivity index (χ1n) is 5.92. The van der Waals surface area contributed by atoms with Crippen LogP contribution in [-0.4, -0.2) is 22.4 Å². The standard InChI is InChI=1S/C14H13IN2O3/c1-9-13(15)14(19)17(8-16-9)7-11(18)10-5-3-4-6-12(10)20-2/h3-6,8H,7H2,1-2H3. The molecule has 0 saturated heterocycles. The lowest BCUT2D eigenvalue weighted by molar-refractivity contribution is 0.0967. The van der Waals surface area contributed by atoms with Gasteiger partial charge < -0.3 is 4.74 Å². The summed E-state index contributed by atoms with van der Waals surface area (Å²) < 4.78 is 6.99. The molecule has 104 valence electrons. The molecule has 2 aromatic rings. The smallest absolute Gasteiger partial charge is 0.267 e. The first-order chi connectivity index (χ1) is 9.54. The van der Waals surface area contributed by atoms with Gasteiger partial charge in [0.15, 0.2) is 5.78 Å². The van der Waals surface area contributed by atoms with Gasteiger partial charge in [0.25, 0.3) is 5.56 Å². The van der Waals surface area contributed by atoms with Gasteiger partial charge in [-0.15, -0.1) is 0 Å². The average molecular weight is 384 g/mol. The van der Waals surface area contributed by atoms with Crippen LogP contribution in [0.15, 0.2) is 35.4 Å². The van der Waals surface area contributed by atoms with Gasteiger partial charge in [0.2, 0.25) is 0 Å². The maximum Gasteiger partial charge on any atom is 0.267 e. The van der Waals surface area contributed by atoms with Crippen molar-refractivity contribution in [2.45, 2.75) is 13.5 Å². The summed E-state index contributed by atoms with van der Waals surface area (Å²) in [7, 11) is 1.51. The number of ether oxygens (including phenoxy) is 1. The van der Waals surface area contributed by atoms with Crippen molar-refractivity contribution in [1.29, 1.82) is 0 Å². The van der Waals surface area contributed by atoms with Crippen LogP contribution >= 0.6 is 22.6 Å². The van der Waals surface area contributed by atoms with E-state index in [0.717, 1.165) is 0 Å². The zero-order chi connectivity index (χ0) is 14.7. The van der Waals surface area contributed by atoms with Crippen LogP contribution in [-0.2, 0) is 6.54 Å². The Bertz CT molecular complexity index is 710. The Hall–Kier alpha value is -1.70. The third-order valence-electron chi connectivity index (χ3n) is 2.88. The summed E-state index contributed by atoms with van der Waals surface area (Å²) in [6, 6.07) is 6.94. The minimum Gasteiger partial charge on any atom is -0.496 e. The molecule has 0 saturated carbocycles. The second kappa shape index (κ2) is 6.17. The summed E-state index contributed by atoms with van der Waals surface area (Å²) in [6.45, 7) is 1.71. The number of Topliss-reactive ketones (excluding diaryl/α,β-unsaturated/α-hetero) is 1. The van der Waals surface area contributed by atoms with Crippen LogP contribution in [0.3, 0.4) is 0 Å². The summed E-state index contributed by atoms with van der Waals surface area (Å²) in [5, 5.41) is 0. The molecule has 0 spiro atoms. The Balaban J connectivity index is 2.33. The van der Waals surface area contributed by atoms with Crippen LogP contribution in [0.4, 0.5) is 0 Å². The SMILES string of the molecule is COc1ccccc1C(=O)Cn1cnc(C)c(I)c1=O. The summed E-state index contributed by atoms with van der Waals surface area (Å²) >= 11 is 1.94. The van der Waals surface area contributed by atoms with Crippen LogP contribution in [0, 0.1) is 10.5 Å². The van der Waals surface area contributed by atoms with Gasteiger partial charge in [-0.3, -0.25) is 14.2 Å². The van der Waals surface area contributed by atoms with Crippen LogP contribution in [0.2, 0.25) is 0 Å². The third kappa shape index (κ3) is 2.90. The largest absolute Gasteiger partial charge is 0.496 e. The summed E-state index contributed by atoms with van der Waals surface area (Å²) in [4.78, 5) is 28.4. The fourth-order valence-electron chi connectivity index (χ4n) is 1.77. The van der Waals surface area contributed by atoms with Crippen molar-refractivity contribution in [3.05, 3.63) is 55.8 Å². The molecule has 0 amide bonds. The van der Waals surface area contributed by atoms with Crippen LogP contribution in [0.5, 0.6) is 5.75 Å². The number of carbonyl (C=O) groups excluding carboxylic acids is 1. The lowest BCUT2D eigenvalue weighted by atomic mass is 10.1. The Morgan fingerprint density at radius 2 is 2.10 bits per heavy atom. The molecule has 0 atom stereocenters. The molecule has 2 rings (SSSR count). The highest BCUT2D eigenvalue weighted by molar-refractivity contribution is 14.1. The maximum atomic E-state index is 12.3. The maximum absolute atomic E-state index is 12.3. The van der Waals surface area contributed by atoms with E-state index in [2.05, 4.69) is 4.98 Å². The molecule has 1 aromatic carbocycles. The van der Waals surface area contributed by atoms with Gasteiger partial charge in [-0.1, -0.05) is 12.1 Å². The van der Waals surface area contributed by atoms with E-state index in [9.17, 15) is 9.59 Å². The third-order valence-corrected chi connectivity index (χ3v) is 4.12. The number of halogens is 1. The van der Waals surface area contributed by atoms with Crippen molar-refractivity contribution in [2.24, 2.45) is 0 Å². The number of hydrogen-bond donors (Lipinski definition) is 0. The molecule has 20 heavy (non-hydrogen) atoms. The number of nitrogens with zero attached hydrogens (tertiary/aromatic N) is 2. The van der Waals surface area contributed by atoms with E-state index in [1.807, 2.05) is 22.6 Å². The number of aromatic nitrogens is 2. The number of aryl methyl sites for hydroxylation is 1. The van der Waals surface area contributed by atoms with Crippen molar-refractivity contribution < 1.29 is 9.53 Å². The molecule has 0 aliphatic heterocycles. The van der Waals surface area contributed by atoms with Gasteiger partial charge >= 0.3 is 0 Å². The highest BCUT2D eigenvalue weighted by Crippen LogP contribution is 2.18. The molecule has 0 radical (unpaired) electrons. The first-order valence-corrected chi connectivity index (χ1v) is 7.00. The summed E-state index contributed by atoms with van der Waals surface area (Å²) in [6.07, 6.45) is 1.40. The number of methoxy groups -OCH3 is 1. The minimum atomic E-state index is -0.207. The normalized spacial score (nSPS) is 10.3. The van der Waals surface area contributed by atoms with Gasteiger partial charge in [-0.25, -0.2) is 4.98 Å². The Morgan fingerprint density at radius 3 is 2.80 bits per heavy atom. The van der Waals surface area contributed by atoms with E-state index in [1.54, 1.807) is 31.2 Å². The van der Waals surface area contributed by atoms with E-state index >= 15 is 0 Å². The summed E-state index contributed by atoms with van der Waals surface area (Å²) in [5.74, 6) is 0.311. The molecule has 0 fully saturated rings. The molecule has 1 aromatic heterocycles. The average Bonchev–Trinajstić information content (AvgIpc) is 2.47. The Kier molecular flexibility index (Phi) is 4.53. The second-order valence-corrected chi connectivity index (χ2v) is 5.28. The topological polar surface area (TPSA) is 61.2 Å². The minimum absolute atomic E-state index is 0.0531. The Labute approximate surface area is 129 Å². The molecule has 5 nitrogen and oxygen atoms in total. The first kappa shape index (κ1) is 14.7. The van der Waals surface area contributed by atoms with Gasteiger partial charge in [0, 0.05) is 0 Å². The zero-order valence-corrected chi connectivity index (χ0v) is 13.2. The van der Waals surface area contributed by atoms with Crippen molar-refractivity contribution in [3.8, 4) is 5.75 Å². The predicted octanol–water partition coefficient (Wildman–Crippen LogP) is 2.05. The van der Waals surface area contributed by atoms with E-state index in [4.69, 9.17) is 4.74 Å². The summed E-state index contributed by atoms with van der Waals surface area (Å²) in [5.41, 5.74) is 0.912. The number of carbonyl (C=O) groups is 1. The van der Waals surface area contributed by atoms with Crippen LogP contribution in [0.1, 0.15) is 16.1 Å². The quantitative estimate of drug-likeness (QED) is 0.598. The highest BCUT2D eigenvalue weighted by Gasteiger charge is 2.14. The van der Waals surface area contributed by atoms with E-state index < -0.39 is 0 Å². The lowest BCUT2D eigenvalue weighted by Gasteiger charge is -2.09. The molecule has 0 N–H and O–H groups in total. The number of rotatable bonds is 4. The van der Waals surface area contributed by atoms with E-state index in [1.165, 1.54) is 18.0 Å². The lowest BCUT2D eigenvalue weighted by Crippen LogP contribution is -2.27. The Morgan fingerprint density at radius 1 is 1.40 bits per heavy atom. The van der Waals surface area contributed by atoms with Crippen molar-refractivity contribution >= 4 is 28.4 Å². The van der Waals surface area contributed by atoms with Gasteiger partial charge in [-0.05, 0) is 41.6 Å². The van der Waals surface area contributed by atoms with Crippen molar-refractivity contribution in [2.75, 3.05) is 7.11 Å². The molecule has 1 heterocycles. The fourth-order valence-corrected chi connectivity index (χ4v) is 2.22. The van der Waals surface area contributed by atoms with Gasteiger partial charge in [0.05, 0.1) is 34.8 Å². The van der Waals surface area contributed by atoms with Gasteiger partial charge in [0.1, 0.15) is 5.75 Å². The van der Waals surface area contributed by atoms with Crippen molar-refractivity contribution in [1.82, 2.24) is 9.55 Å². The number of para-hydroxylation sites is 1. The van der Waals surface area contributed by atoms with E-state index in [0.29, 0.717) is 20.6 Å². The number of ketones is 1. The highest BCUT2D eigenvalue weighted by atomic mass is 127. The monoisotopic (exact) mass is 384 g/mol. The molecular weight excluding hydrogens is 371 g/mol. The van der Waals surface area contributed by atoms with Gasteiger partial charge in [-0.2, -0.15) is 0 Å². The zero-order valence-electron chi connectivity index (χ0n) is 11.1. The molecule has 6 heteroatoms. The predicted molar refractivity (Wildman–Crippen MR) is 83.3 cm³/mol. The van der Waals surface area contributed by atoms with E-state index in [-0.39, 0.29) is 17.9 Å². The van der Waals surface area contributed by atoms with Crippen molar-refractivity contribution in [3.63, 3.8) is 0 Å². The second-order valence-electron chi connectivity index (χ2n) is 4.20. The number of benzene rings is 1. The molecule has 0 aliphatic carbocycles. The van der Waals surface area contributed by atoms with Crippen LogP contribution in [0.25, 0.3) is 0 Å². The molecule has 0 unspecified atom stereocenters. The number of hydrogen-bond acceptors (Lipinski definition) is 4.